The Bertz CT molecular complexity index is 841. The van der Waals surface area contributed by atoms with Gasteiger partial charge in [0.15, 0.2) is 11.5 Å². The van der Waals surface area contributed by atoms with Gasteiger partial charge in [0.1, 0.15) is 6.33 Å². The van der Waals surface area contributed by atoms with E-state index in [9.17, 15) is 4.79 Å². The van der Waals surface area contributed by atoms with Crippen molar-refractivity contribution in [3.05, 3.63) is 59.1 Å². The first-order valence-corrected chi connectivity index (χ1v) is 6.43. The van der Waals surface area contributed by atoms with Gasteiger partial charge in [-0.1, -0.05) is 18.2 Å². The number of ether oxygens (including phenoxy) is 2. The van der Waals surface area contributed by atoms with E-state index in [1.807, 2.05) is 30.3 Å². The molecule has 0 saturated heterocycles. The zero-order valence-electron chi connectivity index (χ0n) is 11.7. The van der Waals surface area contributed by atoms with E-state index in [1.54, 1.807) is 19.2 Å². The number of hydrogen-bond donors (Lipinski definition) is 0. The highest BCUT2D eigenvalue weighted by Gasteiger charge is 2.11. The largest absolute Gasteiger partial charge is 0.493 e. The number of aromatic nitrogens is 2. The van der Waals surface area contributed by atoms with Gasteiger partial charge in [0.2, 0.25) is 0 Å². The molecule has 3 rings (SSSR count). The van der Waals surface area contributed by atoms with Crippen LogP contribution in [0.2, 0.25) is 0 Å². The number of rotatable bonds is 3. The lowest BCUT2D eigenvalue weighted by molar-refractivity contribution is 0.355. The molecule has 0 unspecified atom stereocenters. The minimum Gasteiger partial charge on any atom is -0.493 e. The molecule has 0 spiro atoms. The van der Waals surface area contributed by atoms with E-state index >= 15 is 0 Å². The molecule has 21 heavy (non-hydrogen) atoms. The van der Waals surface area contributed by atoms with Crippen LogP contribution in [0, 0.1) is 0 Å². The molecule has 0 fully saturated rings. The summed E-state index contributed by atoms with van der Waals surface area (Å²) in [6, 6.07) is 12.7. The molecule has 0 saturated carbocycles. The number of nitrogens with zero attached hydrogens (tertiary/aromatic N) is 2. The normalized spacial score (nSPS) is 10.6. The molecule has 0 aliphatic carbocycles. The summed E-state index contributed by atoms with van der Waals surface area (Å²) in [5.41, 5.74) is 1.20. The lowest BCUT2D eigenvalue weighted by Gasteiger charge is -2.10. The van der Waals surface area contributed by atoms with E-state index < -0.39 is 0 Å². The van der Waals surface area contributed by atoms with Crippen LogP contribution in [-0.2, 0) is 0 Å². The van der Waals surface area contributed by atoms with Crippen LogP contribution in [0.4, 0.5) is 0 Å². The highest BCUT2D eigenvalue weighted by Crippen LogP contribution is 2.29. The average molecular weight is 282 g/mol. The first-order valence-electron chi connectivity index (χ1n) is 6.43. The van der Waals surface area contributed by atoms with E-state index in [1.165, 1.54) is 18.0 Å². The van der Waals surface area contributed by atoms with E-state index in [2.05, 4.69) is 4.98 Å². The number of benzene rings is 2. The van der Waals surface area contributed by atoms with Gasteiger partial charge in [-0.25, -0.2) is 4.98 Å². The van der Waals surface area contributed by atoms with Crippen molar-refractivity contribution < 1.29 is 9.47 Å². The SMILES string of the molecule is COc1cc2ncn(-c3ccccc3)c(=O)c2cc1OC. The fourth-order valence-electron chi connectivity index (χ4n) is 2.22. The van der Waals surface area contributed by atoms with E-state index in [-0.39, 0.29) is 5.56 Å². The zero-order valence-corrected chi connectivity index (χ0v) is 11.7. The van der Waals surface area contributed by atoms with Crippen LogP contribution in [-0.4, -0.2) is 23.8 Å². The lowest BCUT2D eigenvalue weighted by Crippen LogP contribution is -2.18. The van der Waals surface area contributed by atoms with Crippen molar-refractivity contribution >= 4 is 10.9 Å². The molecule has 0 aliphatic heterocycles. The molecule has 0 bridgehead atoms. The van der Waals surface area contributed by atoms with E-state index in [0.717, 1.165) is 5.69 Å². The predicted molar refractivity (Wildman–Crippen MR) is 80.4 cm³/mol. The fourth-order valence-corrected chi connectivity index (χ4v) is 2.22. The number of hydrogen-bond acceptors (Lipinski definition) is 4. The molecular formula is C16H14N2O3. The number of methoxy groups -OCH3 is 2. The highest BCUT2D eigenvalue weighted by atomic mass is 16.5. The Morgan fingerprint density at radius 2 is 1.67 bits per heavy atom. The van der Waals surface area contributed by atoms with Crippen molar-refractivity contribution in [2.45, 2.75) is 0 Å². The third kappa shape index (κ3) is 2.23. The molecule has 5 heteroatoms. The molecule has 3 aromatic rings. The minimum atomic E-state index is -0.146. The monoisotopic (exact) mass is 282 g/mol. The second-order valence-corrected chi connectivity index (χ2v) is 4.48. The Morgan fingerprint density at radius 3 is 2.33 bits per heavy atom. The Kier molecular flexibility index (Phi) is 3.31. The molecular weight excluding hydrogens is 268 g/mol. The molecule has 1 heterocycles. The van der Waals surface area contributed by atoms with Crippen LogP contribution in [0.1, 0.15) is 0 Å². The number of para-hydroxylation sites is 1. The van der Waals surface area contributed by atoms with E-state index in [4.69, 9.17) is 9.47 Å². The Balaban J connectivity index is 2.28. The van der Waals surface area contributed by atoms with Gasteiger partial charge in [0, 0.05) is 6.07 Å². The predicted octanol–water partition coefficient (Wildman–Crippen LogP) is 2.40. The van der Waals surface area contributed by atoms with Gasteiger partial charge in [0.05, 0.1) is 30.8 Å². The summed E-state index contributed by atoms with van der Waals surface area (Å²) in [7, 11) is 3.09. The Hall–Kier alpha value is -2.82. The average Bonchev–Trinajstić information content (AvgIpc) is 2.55. The molecule has 2 aromatic carbocycles. The van der Waals surface area contributed by atoms with Crippen LogP contribution >= 0.6 is 0 Å². The molecule has 0 amide bonds. The quantitative estimate of drug-likeness (QED) is 0.740. The van der Waals surface area contributed by atoms with Gasteiger partial charge >= 0.3 is 0 Å². The molecule has 106 valence electrons. The Labute approximate surface area is 121 Å². The first kappa shape index (κ1) is 13.2. The van der Waals surface area contributed by atoms with Gasteiger partial charge in [0.25, 0.3) is 5.56 Å². The summed E-state index contributed by atoms with van der Waals surface area (Å²) in [5.74, 6) is 1.06. The summed E-state index contributed by atoms with van der Waals surface area (Å²) >= 11 is 0. The third-order valence-corrected chi connectivity index (χ3v) is 3.30. The molecule has 5 nitrogen and oxygen atoms in total. The van der Waals surface area contributed by atoms with Gasteiger partial charge < -0.3 is 9.47 Å². The second kappa shape index (κ2) is 5.28. The second-order valence-electron chi connectivity index (χ2n) is 4.48. The van der Waals surface area contributed by atoms with Gasteiger partial charge in [-0.2, -0.15) is 0 Å². The maximum atomic E-state index is 12.6. The number of fused-ring (bicyclic) bond motifs is 1. The van der Waals surface area contributed by atoms with Crippen molar-refractivity contribution in [2.75, 3.05) is 14.2 Å². The summed E-state index contributed by atoms with van der Waals surface area (Å²) in [6.45, 7) is 0. The molecule has 0 atom stereocenters. The van der Waals surface area contributed by atoms with Gasteiger partial charge in [-0.3, -0.25) is 9.36 Å². The van der Waals surface area contributed by atoms with E-state index in [0.29, 0.717) is 22.4 Å². The Morgan fingerprint density at radius 1 is 1.00 bits per heavy atom. The van der Waals surface area contributed by atoms with Gasteiger partial charge in [-0.05, 0) is 18.2 Å². The summed E-state index contributed by atoms with van der Waals surface area (Å²) in [5, 5.41) is 0.485. The maximum Gasteiger partial charge on any atom is 0.265 e. The van der Waals surface area contributed by atoms with Crippen LogP contribution in [0.5, 0.6) is 11.5 Å². The van der Waals surface area contributed by atoms with Crippen molar-refractivity contribution in [1.82, 2.24) is 9.55 Å². The van der Waals surface area contributed by atoms with Gasteiger partial charge in [-0.15, -0.1) is 0 Å². The maximum absolute atomic E-state index is 12.6. The minimum absolute atomic E-state index is 0.146. The van der Waals surface area contributed by atoms with Crippen LogP contribution in [0.25, 0.3) is 16.6 Å². The van der Waals surface area contributed by atoms with Crippen molar-refractivity contribution in [3.63, 3.8) is 0 Å². The standard InChI is InChI=1S/C16H14N2O3/c1-20-14-8-12-13(9-15(14)21-2)17-10-18(16(12)19)11-6-4-3-5-7-11/h3-10H,1-2H3. The summed E-state index contributed by atoms with van der Waals surface area (Å²) in [4.78, 5) is 17.0. The summed E-state index contributed by atoms with van der Waals surface area (Å²) < 4.78 is 12.0. The molecule has 0 N–H and O–H groups in total. The van der Waals surface area contributed by atoms with Crippen LogP contribution in [0.15, 0.2) is 53.6 Å². The van der Waals surface area contributed by atoms with Crippen molar-refractivity contribution in [3.8, 4) is 17.2 Å². The summed E-state index contributed by atoms with van der Waals surface area (Å²) in [6.07, 6.45) is 1.52. The third-order valence-electron chi connectivity index (χ3n) is 3.30. The highest BCUT2D eigenvalue weighted by molar-refractivity contribution is 5.82. The smallest absolute Gasteiger partial charge is 0.265 e. The first-order chi connectivity index (χ1) is 10.2. The topological polar surface area (TPSA) is 53.4 Å². The fraction of sp³-hybridized carbons (Fsp3) is 0.125. The molecule has 0 aliphatic rings. The van der Waals surface area contributed by atoms with Crippen LogP contribution < -0.4 is 15.0 Å². The molecule has 0 radical (unpaired) electrons. The van der Waals surface area contributed by atoms with Crippen LogP contribution in [0.3, 0.4) is 0 Å². The lowest BCUT2D eigenvalue weighted by atomic mass is 10.2. The van der Waals surface area contributed by atoms with Crippen molar-refractivity contribution in [2.24, 2.45) is 0 Å². The zero-order chi connectivity index (χ0) is 14.8. The van der Waals surface area contributed by atoms with Crippen molar-refractivity contribution in [1.29, 1.82) is 0 Å². The molecule has 1 aromatic heterocycles.